The predicted octanol–water partition coefficient (Wildman–Crippen LogP) is 3.75. The number of methoxy groups -OCH3 is 1. The van der Waals surface area contributed by atoms with Gasteiger partial charge in [-0.25, -0.2) is 0 Å². The molecule has 29 heavy (non-hydrogen) atoms. The first-order valence-corrected chi connectivity index (χ1v) is 10.7. The van der Waals surface area contributed by atoms with Gasteiger partial charge in [-0.15, -0.1) is 10.2 Å². The van der Waals surface area contributed by atoms with E-state index in [1.165, 1.54) is 26.2 Å². The van der Waals surface area contributed by atoms with E-state index in [1.807, 2.05) is 0 Å². The minimum absolute atomic E-state index is 0.0665. The van der Waals surface area contributed by atoms with Crippen LogP contribution in [0.5, 0.6) is 17.2 Å². The maximum atomic E-state index is 12.7. The molecule has 1 heterocycles. The largest absolute Gasteiger partial charge is 0.497 e. The highest BCUT2D eigenvalue weighted by Gasteiger charge is 2.23. The number of halogens is 1. The summed E-state index contributed by atoms with van der Waals surface area (Å²) in [7, 11) is -2.57. The van der Waals surface area contributed by atoms with E-state index in [1.54, 1.807) is 30.3 Å². The molecule has 0 aliphatic carbocycles. The van der Waals surface area contributed by atoms with E-state index in [0.29, 0.717) is 27.9 Å². The summed E-state index contributed by atoms with van der Waals surface area (Å²) in [6, 6.07) is 11.3. The molecule has 0 fully saturated rings. The summed E-state index contributed by atoms with van der Waals surface area (Å²) >= 11 is 6.73. The Labute approximate surface area is 175 Å². The third-order valence-corrected chi connectivity index (χ3v) is 6.18. The van der Waals surface area contributed by atoms with Crippen LogP contribution in [0.3, 0.4) is 0 Å². The average molecular weight is 455 g/mol. The fourth-order valence-corrected chi connectivity index (χ4v) is 4.35. The Bertz CT molecular complexity index is 1150. The molecule has 1 aromatic heterocycles. The highest BCUT2D eigenvalue weighted by molar-refractivity contribution is 7.94. The van der Waals surface area contributed by atoms with Crippen LogP contribution in [0.25, 0.3) is 0 Å². The van der Waals surface area contributed by atoms with Gasteiger partial charge in [0.2, 0.25) is 11.0 Å². The van der Waals surface area contributed by atoms with E-state index in [4.69, 9.17) is 21.1 Å². The van der Waals surface area contributed by atoms with Gasteiger partial charge in [0.25, 0.3) is 14.4 Å². The normalized spacial score (nSPS) is 11.0. The lowest BCUT2D eigenvalue weighted by molar-refractivity contribution is -0.114. The van der Waals surface area contributed by atoms with Crippen LogP contribution >= 0.6 is 22.9 Å². The standard InChI is InChI=1S/C17H15ClN4O5S2/c1-10(23)19-16-20-21-17(28-16)29(24,25)22-14-8-11(18)6-7-15(14)27-13-5-3-4-12(9-13)26-2/h3-9,22H,1-2H3,(H,19,20,23). The highest BCUT2D eigenvalue weighted by atomic mass is 35.5. The number of anilines is 2. The topological polar surface area (TPSA) is 120 Å². The van der Waals surface area contributed by atoms with Crippen LogP contribution in [-0.2, 0) is 14.8 Å². The van der Waals surface area contributed by atoms with Gasteiger partial charge in [0.1, 0.15) is 11.5 Å². The fraction of sp³-hybridized carbons (Fsp3) is 0.118. The zero-order chi connectivity index (χ0) is 21.0. The van der Waals surface area contributed by atoms with E-state index >= 15 is 0 Å². The highest BCUT2D eigenvalue weighted by Crippen LogP contribution is 2.35. The van der Waals surface area contributed by atoms with Gasteiger partial charge >= 0.3 is 0 Å². The molecule has 2 aromatic carbocycles. The number of hydrogen-bond acceptors (Lipinski definition) is 8. The summed E-state index contributed by atoms with van der Waals surface area (Å²) in [4.78, 5) is 11.1. The van der Waals surface area contributed by atoms with E-state index < -0.39 is 10.0 Å². The van der Waals surface area contributed by atoms with Crippen molar-refractivity contribution in [2.75, 3.05) is 17.1 Å². The lowest BCUT2D eigenvalue weighted by Crippen LogP contribution is -2.13. The monoisotopic (exact) mass is 454 g/mol. The number of benzene rings is 2. The van der Waals surface area contributed by atoms with Gasteiger partial charge in [-0.1, -0.05) is 29.0 Å². The second kappa shape index (κ2) is 8.64. The molecule has 0 radical (unpaired) electrons. The van der Waals surface area contributed by atoms with E-state index in [0.717, 1.165) is 0 Å². The van der Waals surface area contributed by atoms with Crippen LogP contribution < -0.4 is 19.5 Å². The number of sulfonamides is 1. The Morgan fingerprint density at radius 1 is 1.14 bits per heavy atom. The second-order valence-corrected chi connectivity index (χ2v) is 8.85. The Hall–Kier alpha value is -2.89. The Morgan fingerprint density at radius 2 is 1.90 bits per heavy atom. The zero-order valence-electron chi connectivity index (χ0n) is 15.2. The molecule has 1 amide bonds. The van der Waals surface area contributed by atoms with Crippen LogP contribution in [0.1, 0.15) is 6.92 Å². The summed E-state index contributed by atoms with van der Waals surface area (Å²) in [5, 5.41) is 10.00. The van der Waals surface area contributed by atoms with Crippen LogP contribution in [-0.4, -0.2) is 31.6 Å². The number of hydrogen-bond donors (Lipinski definition) is 2. The molecule has 3 aromatic rings. The third-order valence-electron chi connectivity index (χ3n) is 3.37. The quantitative estimate of drug-likeness (QED) is 0.521. The van der Waals surface area contributed by atoms with Crippen LogP contribution in [0.15, 0.2) is 46.8 Å². The second-order valence-electron chi connectivity index (χ2n) is 5.58. The predicted molar refractivity (Wildman–Crippen MR) is 110 cm³/mol. The lowest BCUT2D eigenvalue weighted by atomic mass is 10.3. The molecule has 2 N–H and O–H groups in total. The summed E-state index contributed by atoms with van der Waals surface area (Å²) < 4.78 is 38.4. The zero-order valence-corrected chi connectivity index (χ0v) is 17.6. The molecular formula is C17H15ClN4O5S2. The first-order valence-electron chi connectivity index (χ1n) is 8.02. The smallest absolute Gasteiger partial charge is 0.291 e. The van der Waals surface area contributed by atoms with Crippen molar-refractivity contribution in [2.45, 2.75) is 11.3 Å². The molecule has 0 aliphatic heterocycles. The van der Waals surface area contributed by atoms with Crippen molar-refractivity contribution in [2.24, 2.45) is 0 Å². The molecule has 3 rings (SSSR count). The molecule has 0 unspecified atom stereocenters. The van der Waals surface area contributed by atoms with Crippen LogP contribution in [0, 0.1) is 0 Å². The molecule has 152 valence electrons. The molecular weight excluding hydrogens is 440 g/mol. The molecule has 0 bridgehead atoms. The van der Waals surface area contributed by atoms with Crippen LogP contribution in [0.4, 0.5) is 10.8 Å². The maximum Gasteiger partial charge on any atom is 0.291 e. The van der Waals surface area contributed by atoms with Gasteiger partial charge in [0.05, 0.1) is 12.8 Å². The number of amides is 1. The Morgan fingerprint density at radius 3 is 2.62 bits per heavy atom. The number of nitrogens with one attached hydrogen (secondary N) is 2. The lowest BCUT2D eigenvalue weighted by Gasteiger charge is -2.13. The Kier molecular flexibility index (Phi) is 6.20. The van der Waals surface area contributed by atoms with Crippen molar-refractivity contribution >= 4 is 49.7 Å². The van der Waals surface area contributed by atoms with Crippen LogP contribution in [0.2, 0.25) is 5.02 Å². The molecule has 9 nitrogen and oxygen atoms in total. The molecule has 0 saturated carbocycles. The molecule has 12 heteroatoms. The minimum atomic E-state index is -4.09. The molecule has 0 saturated heterocycles. The number of carbonyl (C=O) groups is 1. The van der Waals surface area contributed by atoms with Gasteiger partial charge in [-0.05, 0) is 30.3 Å². The summed E-state index contributed by atoms with van der Waals surface area (Å²) in [5.74, 6) is 0.855. The van der Waals surface area contributed by atoms with E-state index in [-0.39, 0.29) is 26.8 Å². The van der Waals surface area contributed by atoms with Crippen molar-refractivity contribution in [1.82, 2.24) is 10.2 Å². The number of rotatable bonds is 7. The Balaban J connectivity index is 1.88. The van der Waals surface area contributed by atoms with Gasteiger partial charge in [0, 0.05) is 18.0 Å². The first-order chi connectivity index (χ1) is 13.8. The minimum Gasteiger partial charge on any atom is -0.497 e. The summed E-state index contributed by atoms with van der Waals surface area (Å²) in [6.45, 7) is 1.28. The van der Waals surface area contributed by atoms with Crippen molar-refractivity contribution < 1.29 is 22.7 Å². The molecule has 0 atom stereocenters. The summed E-state index contributed by atoms with van der Waals surface area (Å²) in [5.41, 5.74) is 0.108. The number of nitrogens with zero attached hydrogens (tertiary/aromatic N) is 2. The third kappa shape index (κ3) is 5.34. The van der Waals surface area contributed by atoms with Crippen molar-refractivity contribution in [3.8, 4) is 17.2 Å². The summed E-state index contributed by atoms with van der Waals surface area (Å²) in [6.07, 6.45) is 0. The van der Waals surface area contributed by atoms with Gasteiger partial charge in [-0.2, -0.15) is 8.42 Å². The maximum absolute atomic E-state index is 12.7. The first kappa shape index (κ1) is 20.8. The number of carbonyl (C=O) groups excluding carboxylic acids is 1. The van der Waals surface area contributed by atoms with Crippen molar-refractivity contribution in [3.63, 3.8) is 0 Å². The van der Waals surface area contributed by atoms with Crippen molar-refractivity contribution in [1.29, 1.82) is 0 Å². The van der Waals surface area contributed by atoms with E-state index in [9.17, 15) is 13.2 Å². The van der Waals surface area contributed by atoms with Gasteiger partial charge < -0.3 is 14.8 Å². The van der Waals surface area contributed by atoms with E-state index in [2.05, 4.69) is 20.2 Å². The average Bonchev–Trinajstić information content (AvgIpc) is 3.13. The number of aromatic nitrogens is 2. The number of ether oxygens (including phenoxy) is 2. The van der Waals surface area contributed by atoms with Crippen molar-refractivity contribution in [3.05, 3.63) is 47.5 Å². The van der Waals surface area contributed by atoms with Gasteiger partial charge in [0.15, 0.2) is 5.75 Å². The van der Waals surface area contributed by atoms with Gasteiger partial charge in [-0.3, -0.25) is 9.52 Å². The fourth-order valence-electron chi connectivity index (χ4n) is 2.17. The SMILES string of the molecule is COc1cccc(Oc2ccc(Cl)cc2NS(=O)(=O)c2nnc(NC(C)=O)s2)c1. The molecule has 0 spiro atoms. The molecule has 0 aliphatic rings.